The number of hydrogen-bond acceptors (Lipinski definition) is 6. The first-order valence-corrected chi connectivity index (χ1v) is 5.57. The minimum Gasteiger partial charge on any atom is -0.511 e. The third kappa shape index (κ3) is 3.32. The number of likely N-dealkylation sites (N-methyl/N-ethyl adjacent to an activating group) is 1. The van der Waals surface area contributed by atoms with Crippen LogP contribution in [0.3, 0.4) is 0 Å². The van der Waals surface area contributed by atoms with Gasteiger partial charge in [0.15, 0.2) is 0 Å². The summed E-state index contributed by atoms with van der Waals surface area (Å²) in [5.74, 6) is 1.23. The van der Waals surface area contributed by atoms with Gasteiger partial charge in [0.25, 0.3) is 0 Å². The van der Waals surface area contributed by atoms with Crippen LogP contribution < -0.4 is 9.55 Å². The smallest absolute Gasteiger partial charge is 0.511 e. The third-order valence-corrected chi connectivity index (χ3v) is 2.79. The molecule has 0 radical (unpaired) electrons. The van der Waals surface area contributed by atoms with Crippen LogP contribution in [0, 0.1) is 0 Å². The predicted octanol–water partition coefficient (Wildman–Crippen LogP) is -0.818. The molecule has 0 atom stereocenters. The van der Waals surface area contributed by atoms with E-state index in [0.29, 0.717) is 5.75 Å². The second-order valence-corrected chi connectivity index (χ2v) is 4.09. The number of piperazine rings is 1. The van der Waals surface area contributed by atoms with E-state index in [1.165, 1.54) is 6.20 Å². The predicted molar refractivity (Wildman–Crippen MR) is 64.8 cm³/mol. The summed E-state index contributed by atoms with van der Waals surface area (Å²) >= 11 is 0. The average molecular weight is 237 g/mol. The van der Waals surface area contributed by atoms with E-state index < -0.39 is 7.32 Å². The molecule has 1 aliphatic rings. The van der Waals surface area contributed by atoms with E-state index in [0.717, 1.165) is 32.0 Å². The maximum Gasteiger partial charge on any atom is 0.707 e. The first-order valence-electron chi connectivity index (χ1n) is 5.57. The van der Waals surface area contributed by atoms with E-state index in [2.05, 4.69) is 21.8 Å². The molecule has 1 aromatic rings. The normalized spacial score (nSPS) is 17.0. The molecule has 1 aliphatic heterocycles. The van der Waals surface area contributed by atoms with Crippen LogP contribution in [-0.2, 0) is 0 Å². The lowest BCUT2D eigenvalue weighted by Gasteiger charge is -2.33. The Kier molecular flexibility index (Phi) is 3.83. The summed E-state index contributed by atoms with van der Waals surface area (Å²) in [4.78, 5) is 8.71. The largest absolute Gasteiger partial charge is 0.707 e. The molecule has 1 saturated heterocycles. The zero-order valence-corrected chi connectivity index (χ0v) is 9.78. The van der Waals surface area contributed by atoms with Gasteiger partial charge in [0.2, 0.25) is 0 Å². The average Bonchev–Trinajstić information content (AvgIpc) is 2.30. The van der Waals surface area contributed by atoms with Crippen LogP contribution in [-0.4, -0.2) is 60.5 Å². The van der Waals surface area contributed by atoms with Gasteiger partial charge in [-0.25, -0.2) is 4.98 Å². The molecule has 0 aliphatic carbocycles. The van der Waals surface area contributed by atoms with Crippen LogP contribution in [0.1, 0.15) is 0 Å². The van der Waals surface area contributed by atoms with Crippen molar-refractivity contribution in [3.05, 3.63) is 18.3 Å². The van der Waals surface area contributed by atoms with E-state index in [9.17, 15) is 0 Å². The van der Waals surface area contributed by atoms with Crippen molar-refractivity contribution in [1.29, 1.82) is 0 Å². The van der Waals surface area contributed by atoms with E-state index in [1.807, 2.05) is 6.07 Å². The lowest BCUT2D eigenvalue weighted by molar-refractivity contribution is 0.287. The maximum atomic E-state index is 8.64. The molecule has 1 fully saturated rings. The molecular formula is C10H16BN3O3. The Bertz CT molecular complexity index is 352. The minimum absolute atomic E-state index is 0.345. The minimum atomic E-state index is -1.80. The number of anilines is 1. The summed E-state index contributed by atoms with van der Waals surface area (Å²) in [6.07, 6.45) is 1.49. The molecule has 2 N–H and O–H groups in total. The molecule has 92 valence electrons. The maximum absolute atomic E-state index is 8.64. The highest BCUT2D eigenvalue weighted by molar-refractivity contribution is 6.33. The molecule has 17 heavy (non-hydrogen) atoms. The molecule has 7 heteroatoms. The Hall–Kier alpha value is -1.31. The molecule has 2 rings (SSSR count). The molecule has 0 spiro atoms. The van der Waals surface area contributed by atoms with Crippen LogP contribution in [0.25, 0.3) is 0 Å². The van der Waals surface area contributed by atoms with E-state index in [4.69, 9.17) is 14.7 Å². The van der Waals surface area contributed by atoms with Gasteiger partial charge < -0.3 is 24.5 Å². The van der Waals surface area contributed by atoms with Crippen molar-refractivity contribution in [2.75, 3.05) is 38.1 Å². The Morgan fingerprint density at radius 1 is 1.24 bits per heavy atom. The number of nitrogens with zero attached hydrogens (tertiary/aromatic N) is 3. The van der Waals surface area contributed by atoms with Crippen LogP contribution in [0.5, 0.6) is 5.75 Å². The summed E-state index contributed by atoms with van der Waals surface area (Å²) < 4.78 is 4.70. The monoisotopic (exact) mass is 237 g/mol. The lowest BCUT2D eigenvalue weighted by atomic mass is 10.2. The highest BCUT2D eigenvalue weighted by Crippen LogP contribution is 2.17. The van der Waals surface area contributed by atoms with Gasteiger partial charge in [0.1, 0.15) is 11.6 Å². The molecule has 0 aromatic carbocycles. The van der Waals surface area contributed by atoms with Gasteiger partial charge in [-0.05, 0) is 19.2 Å². The number of hydrogen-bond donors (Lipinski definition) is 2. The van der Waals surface area contributed by atoms with Crippen LogP contribution in [0.15, 0.2) is 18.3 Å². The second-order valence-electron chi connectivity index (χ2n) is 4.09. The third-order valence-electron chi connectivity index (χ3n) is 2.79. The number of pyridine rings is 1. The molecular weight excluding hydrogens is 221 g/mol. The van der Waals surface area contributed by atoms with Crippen LogP contribution in [0.2, 0.25) is 0 Å². The summed E-state index contributed by atoms with van der Waals surface area (Å²) in [6, 6.07) is 3.50. The van der Waals surface area contributed by atoms with Gasteiger partial charge >= 0.3 is 7.32 Å². The highest BCUT2D eigenvalue weighted by atomic mass is 16.6. The lowest BCUT2D eigenvalue weighted by Crippen LogP contribution is -2.44. The van der Waals surface area contributed by atoms with Gasteiger partial charge in [0.05, 0.1) is 6.20 Å². The van der Waals surface area contributed by atoms with Crippen molar-refractivity contribution < 1.29 is 14.7 Å². The second kappa shape index (κ2) is 5.35. The molecule has 6 nitrogen and oxygen atoms in total. The summed E-state index contributed by atoms with van der Waals surface area (Å²) in [6.45, 7) is 3.95. The van der Waals surface area contributed by atoms with Crippen molar-refractivity contribution in [3.8, 4) is 5.75 Å². The summed E-state index contributed by atoms with van der Waals surface area (Å²) in [7, 11) is 0.302. The van der Waals surface area contributed by atoms with Gasteiger partial charge in [-0.1, -0.05) is 0 Å². The Morgan fingerprint density at radius 3 is 2.47 bits per heavy atom. The fraction of sp³-hybridized carbons (Fsp3) is 0.500. The quantitative estimate of drug-likeness (QED) is 0.669. The molecule has 0 saturated carbocycles. The van der Waals surface area contributed by atoms with Crippen molar-refractivity contribution in [2.45, 2.75) is 0 Å². The molecule has 0 bridgehead atoms. The van der Waals surface area contributed by atoms with Gasteiger partial charge in [0, 0.05) is 26.2 Å². The van der Waals surface area contributed by atoms with Crippen LogP contribution >= 0.6 is 0 Å². The van der Waals surface area contributed by atoms with E-state index in [1.54, 1.807) is 6.07 Å². The molecule has 0 unspecified atom stereocenters. The molecule has 0 amide bonds. The van der Waals surface area contributed by atoms with Crippen LogP contribution in [0.4, 0.5) is 5.82 Å². The fourth-order valence-electron chi connectivity index (χ4n) is 1.79. The van der Waals surface area contributed by atoms with Crippen molar-refractivity contribution in [1.82, 2.24) is 9.88 Å². The Balaban J connectivity index is 1.97. The van der Waals surface area contributed by atoms with Gasteiger partial charge in [-0.2, -0.15) is 0 Å². The Labute approximate surface area is 101 Å². The first kappa shape index (κ1) is 12.2. The van der Waals surface area contributed by atoms with E-state index >= 15 is 0 Å². The first-order chi connectivity index (χ1) is 8.15. The topological polar surface area (TPSA) is 69.1 Å². The molecule has 2 heterocycles. The van der Waals surface area contributed by atoms with Gasteiger partial charge in [-0.15, -0.1) is 0 Å². The number of aromatic nitrogens is 1. The van der Waals surface area contributed by atoms with Gasteiger partial charge in [-0.3, -0.25) is 0 Å². The summed E-state index contributed by atoms with van der Waals surface area (Å²) in [5.41, 5.74) is 0. The summed E-state index contributed by atoms with van der Waals surface area (Å²) in [5, 5.41) is 17.3. The SMILES string of the molecule is CN1CCN(c2ccc(OB(O)O)cn2)CC1. The van der Waals surface area contributed by atoms with E-state index in [-0.39, 0.29) is 0 Å². The molecule has 1 aromatic heterocycles. The number of rotatable bonds is 3. The standard InChI is InChI=1S/C10H16BN3O3/c1-13-4-6-14(7-5-13)10-3-2-9(8-12-10)17-11(15)16/h2-3,8,15-16H,4-7H2,1H3. The Morgan fingerprint density at radius 2 is 1.94 bits per heavy atom. The zero-order chi connectivity index (χ0) is 12.3. The fourth-order valence-corrected chi connectivity index (χ4v) is 1.79. The highest BCUT2D eigenvalue weighted by Gasteiger charge is 2.16. The van der Waals surface area contributed by atoms with Crippen molar-refractivity contribution in [3.63, 3.8) is 0 Å². The zero-order valence-electron chi connectivity index (χ0n) is 9.78. The van der Waals surface area contributed by atoms with Crippen molar-refractivity contribution in [2.24, 2.45) is 0 Å². The van der Waals surface area contributed by atoms with Crippen molar-refractivity contribution >= 4 is 13.1 Å².